The second kappa shape index (κ2) is 8.41. The molecule has 4 rings (SSSR count). The van der Waals surface area contributed by atoms with E-state index in [0.717, 1.165) is 23.4 Å². The van der Waals surface area contributed by atoms with Gasteiger partial charge in [-0.05, 0) is 74.2 Å². The second-order valence-electron chi connectivity index (χ2n) is 6.89. The molecule has 0 saturated heterocycles. The van der Waals surface area contributed by atoms with Gasteiger partial charge in [0, 0.05) is 21.4 Å². The molecule has 7 heteroatoms. The molecule has 144 valence electrons. The Balaban J connectivity index is 1.28. The lowest BCUT2D eigenvalue weighted by Crippen LogP contribution is -2.13. The third-order valence-electron chi connectivity index (χ3n) is 4.53. The van der Waals surface area contributed by atoms with E-state index in [1.807, 2.05) is 24.3 Å². The Morgan fingerprint density at radius 3 is 2.54 bits per heavy atom. The highest BCUT2D eigenvalue weighted by atomic mass is 32.2. The molecule has 1 aliphatic rings. The lowest BCUT2D eigenvalue weighted by molar-refractivity contribution is -0.113. The molecule has 0 aliphatic heterocycles. The molecule has 5 nitrogen and oxygen atoms in total. The van der Waals surface area contributed by atoms with Crippen LogP contribution in [0.15, 0.2) is 61.9 Å². The number of aryl methyl sites for hydroxylation is 2. The first-order chi connectivity index (χ1) is 13.6. The van der Waals surface area contributed by atoms with Gasteiger partial charge >= 0.3 is 0 Å². The van der Waals surface area contributed by atoms with Gasteiger partial charge in [0.15, 0.2) is 0 Å². The van der Waals surface area contributed by atoms with Crippen LogP contribution >= 0.6 is 23.5 Å². The Morgan fingerprint density at radius 1 is 1.07 bits per heavy atom. The van der Waals surface area contributed by atoms with E-state index in [9.17, 15) is 4.79 Å². The zero-order valence-electron chi connectivity index (χ0n) is 15.8. The lowest BCUT2D eigenvalue weighted by atomic mass is 10.1. The quantitative estimate of drug-likeness (QED) is 0.522. The molecule has 1 saturated carbocycles. The van der Waals surface area contributed by atoms with Crippen LogP contribution in [0.25, 0.3) is 0 Å². The number of amides is 1. The zero-order valence-corrected chi connectivity index (χ0v) is 17.4. The van der Waals surface area contributed by atoms with Crippen molar-refractivity contribution in [1.29, 1.82) is 0 Å². The summed E-state index contributed by atoms with van der Waals surface area (Å²) in [5.74, 6) is 1.27. The molecule has 0 unspecified atom stereocenters. The van der Waals surface area contributed by atoms with Gasteiger partial charge in [-0.3, -0.25) is 4.79 Å². The van der Waals surface area contributed by atoms with Crippen LogP contribution in [0, 0.1) is 13.8 Å². The number of hydrogen-bond donors (Lipinski definition) is 1. The van der Waals surface area contributed by atoms with E-state index in [2.05, 4.69) is 47.6 Å². The van der Waals surface area contributed by atoms with Crippen LogP contribution in [0.1, 0.15) is 35.8 Å². The van der Waals surface area contributed by atoms with Gasteiger partial charge < -0.3 is 9.73 Å². The van der Waals surface area contributed by atoms with Crippen molar-refractivity contribution >= 4 is 35.1 Å². The number of benzene rings is 2. The van der Waals surface area contributed by atoms with Crippen LogP contribution in [0.4, 0.5) is 5.69 Å². The normalized spacial score (nSPS) is 13.5. The highest BCUT2D eigenvalue weighted by Crippen LogP contribution is 2.39. The van der Waals surface area contributed by atoms with Crippen molar-refractivity contribution in [2.75, 3.05) is 11.1 Å². The zero-order chi connectivity index (χ0) is 19.5. The summed E-state index contributed by atoms with van der Waals surface area (Å²) in [4.78, 5) is 14.5. The minimum Gasteiger partial charge on any atom is -0.416 e. The van der Waals surface area contributed by atoms with Gasteiger partial charge in [-0.25, -0.2) is 0 Å². The number of nitrogens with zero attached hydrogens (tertiary/aromatic N) is 2. The number of carbonyl (C=O) groups excluding carboxylic acids is 1. The molecule has 1 fully saturated rings. The molecule has 0 spiro atoms. The van der Waals surface area contributed by atoms with Crippen molar-refractivity contribution in [3.63, 3.8) is 0 Å². The van der Waals surface area contributed by atoms with E-state index in [1.54, 1.807) is 11.8 Å². The van der Waals surface area contributed by atoms with E-state index >= 15 is 0 Å². The van der Waals surface area contributed by atoms with Crippen LogP contribution in [0.5, 0.6) is 0 Å². The predicted octanol–water partition coefficient (Wildman–Crippen LogP) is 5.45. The molecule has 0 bridgehead atoms. The monoisotopic (exact) mass is 411 g/mol. The number of thioether (sulfide) groups is 1. The van der Waals surface area contributed by atoms with Gasteiger partial charge in [0.25, 0.3) is 5.22 Å². The molecule has 2 aromatic carbocycles. The Kier molecular flexibility index (Phi) is 5.73. The van der Waals surface area contributed by atoms with Crippen molar-refractivity contribution in [3.8, 4) is 0 Å². The minimum absolute atomic E-state index is 0.0919. The molecule has 1 aromatic heterocycles. The summed E-state index contributed by atoms with van der Waals surface area (Å²) in [5, 5.41) is 11.4. The highest BCUT2D eigenvalue weighted by Gasteiger charge is 2.29. The summed E-state index contributed by atoms with van der Waals surface area (Å²) >= 11 is 2.98. The number of aromatic nitrogens is 2. The maximum Gasteiger partial charge on any atom is 0.277 e. The SMILES string of the molecule is Cc1ccc(Sc2ccc(NC(=O)CSc3nnc(C4CC4)o3)cc2)cc1C. The molecule has 0 atom stereocenters. The number of nitrogens with one attached hydrogen (secondary N) is 1. The average molecular weight is 412 g/mol. The van der Waals surface area contributed by atoms with Gasteiger partial charge in [0.1, 0.15) is 0 Å². The van der Waals surface area contributed by atoms with Crippen molar-refractivity contribution < 1.29 is 9.21 Å². The fourth-order valence-corrected chi connectivity index (χ4v) is 4.10. The molecule has 1 aliphatic carbocycles. The Morgan fingerprint density at radius 2 is 1.82 bits per heavy atom. The smallest absolute Gasteiger partial charge is 0.277 e. The molecule has 1 amide bonds. The van der Waals surface area contributed by atoms with Gasteiger partial charge in [-0.2, -0.15) is 0 Å². The largest absolute Gasteiger partial charge is 0.416 e. The van der Waals surface area contributed by atoms with Crippen molar-refractivity contribution in [2.24, 2.45) is 0 Å². The fourth-order valence-electron chi connectivity index (χ4n) is 2.62. The summed E-state index contributed by atoms with van der Waals surface area (Å²) in [7, 11) is 0. The highest BCUT2D eigenvalue weighted by molar-refractivity contribution is 7.99. The maximum atomic E-state index is 12.2. The Bertz CT molecular complexity index is 982. The average Bonchev–Trinajstić information content (AvgIpc) is 3.43. The van der Waals surface area contributed by atoms with Gasteiger partial charge in [0.05, 0.1) is 5.75 Å². The first-order valence-corrected chi connectivity index (χ1v) is 11.0. The Labute approximate surface area is 172 Å². The molecule has 28 heavy (non-hydrogen) atoms. The third-order valence-corrected chi connectivity index (χ3v) is 6.34. The van der Waals surface area contributed by atoms with Crippen molar-refractivity contribution in [2.45, 2.75) is 47.6 Å². The molecule has 1 heterocycles. The minimum atomic E-state index is -0.0919. The van der Waals surface area contributed by atoms with E-state index in [0.29, 0.717) is 17.0 Å². The number of carbonyl (C=O) groups is 1. The maximum absolute atomic E-state index is 12.2. The molecule has 1 N–H and O–H groups in total. The number of anilines is 1. The second-order valence-corrected chi connectivity index (χ2v) is 8.96. The molecule has 3 aromatic rings. The van der Waals surface area contributed by atoms with Gasteiger partial charge in [-0.1, -0.05) is 29.6 Å². The molecular formula is C21H21N3O2S2. The summed E-state index contributed by atoms with van der Waals surface area (Å²) in [6.07, 6.45) is 2.23. The van der Waals surface area contributed by atoms with Crippen LogP contribution in [-0.4, -0.2) is 21.9 Å². The number of hydrogen-bond acceptors (Lipinski definition) is 6. The van der Waals surface area contributed by atoms with Gasteiger partial charge in [0.2, 0.25) is 11.8 Å². The molecular weight excluding hydrogens is 390 g/mol. The first-order valence-electron chi connectivity index (χ1n) is 9.18. The van der Waals surface area contributed by atoms with Crippen LogP contribution < -0.4 is 5.32 Å². The lowest BCUT2D eigenvalue weighted by Gasteiger charge is -2.07. The summed E-state index contributed by atoms with van der Waals surface area (Å²) in [6, 6.07) is 14.3. The summed E-state index contributed by atoms with van der Waals surface area (Å²) < 4.78 is 5.55. The van der Waals surface area contributed by atoms with Crippen molar-refractivity contribution in [1.82, 2.24) is 10.2 Å². The van der Waals surface area contributed by atoms with Crippen LogP contribution in [-0.2, 0) is 4.79 Å². The van der Waals surface area contributed by atoms with E-state index in [4.69, 9.17) is 4.42 Å². The van der Waals surface area contributed by atoms with Crippen molar-refractivity contribution in [3.05, 3.63) is 59.5 Å². The number of rotatable bonds is 7. The fraction of sp³-hybridized carbons (Fsp3) is 0.286. The van der Waals surface area contributed by atoms with E-state index in [-0.39, 0.29) is 11.7 Å². The van der Waals surface area contributed by atoms with Crippen LogP contribution in [0.2, 0.25) is 0 Å². The predicted molar refractivity (Wildman–Crippen MR) is 112 cm³/mol. The van der Waals surface area contributed by atoms with E-state index < -0.39 is 0 Å². The topological polar surface area (TPSA) is 68.0 Å². The van der Waals surface area contributed by atoms with Crippen LogP contribution in [0.3, 0.4) is 0 Å². The Hall–Kier alpha value is -2.25. The molecule has 0 radical (unpaired) electrons. The van der Waals surface area contributed by atoms with Gasteiger partial charge in [-0.15, -0.1) is 10.2 Å². The van der Waals surface area contributed by atoms with E-state index in [1.165, 1.54) is 27.8 Å². The third kappa shape index (κ3) is 4.97. The summed E-state index contributed by atoms with van der Waals surface area (Å²) in [5.41, 5.74) is 3.36. The first kappa shape index (κ1) is 19.1. The summed E-state index contributed by atoms with van der Waals surface area (Å²) in [6.45, 7) is 4.24. The standard InChI is InChI=1S/C21H21N3O2S2/c1-13-3-8-18(11-14(13)2)28-17-9-6-16(7-10-17)22-19(25)12-27-21-24-23-20(26-21)15-4-5-15/h3,6-11,15H,4-5,12H2,1-2H3,(H,22,25).